The lowest BCUT2D eigenvalue weighted by molar-refractivity contribution is 0.660. The molecule has 2 heterocycles. The number of hydrogen-bond acceptors (Lipinski definition) is 5. The first-order chi connectivity index (χ1) is 9.74. The molecular weight excluding hydrogens is 252 g/mol. The lowest BCUT2D eigenvalue weighted by Crippen LogP contribution is -1.98. The first kappa shape index (κ1) is 11.2. The van der Waals surface area contributed by atoms with E-state index in [1.807, 2.05) is 28.9 Å². The minimum absolute atomic E-state index is 0.439. The van der Waals surface area contributed by atoms with Crippen molar-refractivity contribution in [3.8, 4) is 11.3 Å². The molecule has 1 aromatic carbocycles. The molecule has 1 fully saturated rings. The Balaban J connectivity index is 2.01. The molecule has 6 heteroatoms. The molecule has 6 nitrogen and oxygen atoms in total. The monoisotopic (exact) mass is 266 g/mol. The summed E-state index contributed by atoms with van der Waals surface area (Å²) in [5.41, 5.74) is 15.1. The number of nitrogens with two attached hydrogens (primary N) is 2. The summed E-state index contributed by atoms with van der Waals surface area (Å²) in [5.74, 6) is 0.466. The van der Waals surface area contributed by atoms with Gasteiger partial charge >= 0.3 is 0 Å². The maximum Gasteiger partial charge on any atom is 0.164 e. The fourth-order valence-electron chi connectivity index (χ4n) is 2.41. The van der Waals surface area contributed by atoms with E-state index in [-0.39, 0.29) is 0 Å². The van der Waals surface area contributed by atoms with E-state index in [4.69, 9.17) is 16.6 Å². The van der Waals surface area contributed by atoms with Crippen molar-refractivity contribution >= 4 is 22.5 Å². The van der Waals surface area contributed by atoms with Gasteiger partial charge in [-0.1, -0.05) is 12.1 Å². The van der Waals surface area contributed by atoms with Crippen LogP contribution >= 0.6 is 0 Å². The zero-order chi connectivity index (χ0) is 13.7. The van der Waals surface area contributed by atoms with Crippen molar-refractivity contribution in [1.29, 1.82) is 0 Å². The van der Waals surface area contributed by atoms with Crippen LogP contribution < -0.4 is 11.5 Å². The van der Waals surface area contributed by atoms with Gasteiger partial charge in [-0.3, -0.25) is 0 Å². The van der Waals surface area contributed by atoms with E-state index < -0.39 is 0 Å². The normalized spacial score (nSPS) is 14.8. The molecule has 4 N–H and O–H groups in total. The molecule has 0 amide bonds. The topological polar surface area (TPSA) is 95.6 Å². The molecule has 1 saturated carbocycles. The number of anilines is 2. The number of hydrogen-bond donors (Lipinski definition) is 2. The zero-order valence-electron chi connectivity index (χ0n) is 10.8. The van der Waals surface area contributed by atoms with E-state index >= 15 is 0 Å². The summed E-state index contributed by atoms with van der Waals surface area (Å²) in [7, 11) is 0. The maximum atomic E-state index is 6.03. The average molecular weight is 266 g/mol. The number of rotatable bonds is 2. The lowest BCUT2D eigenvalue weighted by atomic mass is 10.1. The average Bonchev–Trinajstić information content (AvgIpc) is 3.21. The van der Waals surface area contributed by atoms with Gasteiger partial charge in [0.1, 0.15) is 17.8 Å². The molecule has 20 heavy (non-hydrogen) atoms. The maximum absolute atomic E-state index is 6.03. The van der Waals surface area contributed by atoms with E-state index in [1.165, 1.54) is 6.33 Å². The van der Waals surface area contributed by atoms with Crippen molar-refractivity contribution in [2.45, 2.75) is 18.9 Å². The van der Waals surface area contributed by atoms with Crippen LogP contribution in [0.25, 0.3) is 22.3 Å². The van der Waals surface area contributed by atoms with Gasteiger partial charge in [-0.05, 0) is 25.0 Å². The predicted molar refractivity (Wildman–Crippen MR) is 77.9 cm³/mol. The Labute approximate surface area is 115 Å². The van der Waals surface area contributed by atoms with Crippen molar-refractivity contribution < 1.29 is 0 Å². The highest BCUT2D eigenvalue weighted by Gasteiger charge is 2.29. The molecule has 100 valence electrons. The second-order valence-electron chi connectivity index (χ2n) is 5.10. The quantitative estimate of drug-likeness (QED) is 0.691. The van der Waals surface area contributed by atoms with E-state index in [1.54, 1.807) is 0 Å². The molecule has 2 aromatic heterocycles. The van der Waals surface area contributed by atoms with Gasteiger partial charge in [0.05, 0.1) is 11.4 Å². The van der Waals surface area contributed by atoms with Gasteiger partial charge in [0.15, 0.2) is 5.65 Å². The fraction of sp³-hybridized carbons (Fsp3) is 0.214. The molecule has 0 aliphatic heterocycles. The van der Waals surface area contributed by atoms with E-state index in [0.29, 0.717) is 11.9 Å². The summed E-state index contributed by atoms with van der Waals surface area (Å²) < 4.78 is 1.97. The fourth-order valence-corrected chi connectivity index (χ4v) is 2.41. The number of nitrogen functional groups attached to an aromatic ring is 2. The highest BCUT2D eigenvalue weighted by molar-refractivity contribution is 5.98. The molecule has 0 spiro atoms. The predicted octanol–water partition coefficient (Wildman–Crippen LogP) is 1.99. The van der Waals surface area contributed by atoms with Crippen LogP contribution in [0.5, 0.6) is 0 Å². The number of nitrogens with zero attached hydrogens (tertiary/aromatic N) is 4. The molecule has 0 radical (unpaired) electrons. The van der Waals surface area contributed by atoms with Crippen LogP contribution in [0.15, 0.2) is 30.6 Å². The third kappa shape index (κ3) is 1.61. The Morgan fingerprint density at radius 2 is 1.80 bits per heavy atom. The van der Waals surface area contributed by atoms with Crippen molar-refractivity contribution in [2.24, 2.45) is 0 Å². The van der Waals surface area contributed by atoms with Gasteiger partial charge in [-0.15, -0.1) is 0 Å². The van der Waals surface area contributed by atoms with Gasteiger partial charge in [-0.2, -0.15) is 5.10 Å². The van der Waals surface area contributed by atoms with Crippen molar-refractivity contribution in [3.05, 3.63) is 30.6 Å². The Kier molecular flexibility index (Phi) is 2.20. The molecule has 1 aliphatic carbocycles. The first-order valence-electron chi connectivity index (χ1n) is 6.58. The van der Waals surface area contributed by atoms with E-state index in [9.17, 15) is 0 Å². The van der Waals surface area contributed by atoms with Crippen LogP contribution in [0.3, 0.4) is 0 Å². The van der Waals surface area contributed by atoms with Crippen molar-refractivity contribution in [1.82, 2.24) is 19.7 Å². The van der Waals surface area contributed by atoms with Crippen LogP contribution in [-0.2, 0) is 0 Å². The highest BCUT2D eigenvalue weighted by atomic mass is 15.3. The molecule has 0 saturated heterocycles. The van der Waals surface area contributed by atoms with E-state index in [2.05, 4.69) is 9.97 Å². The largest absolute Gasteiger partial charge is 0.399 e. The standard InChI is InChI=1S/C14H14N6/c15-9-3-1-8(2-4-9)12-11-13(16)17-7-18-14(11)20(19-12)10-5-6-10/h1-4,7,10H,5-6,15H2,(H2,16,17,18). The minimum Gasteiger partial charge on any atom is -0.399 e. The van der Waals surface area contributed by atoms with Gasteiger partial charge in [0.25, 0.3) is 0 Å². The molecule has 0 unspecified atom stereocenters. The van der Waals surface area contributed by atoms with Crippen LogP contribution in [0.1, 0.15) is 18.9 Å². The molecule has 4 rings (SSSR count). The molecular formula is C14H14N6. The Hall–Kier alpha value is -2.63. The van der Waals surface area contributed by atoms with Gasteiger partial charge in [-0.25, -0.2) is 14.6 Å². The Bertz CT molecular complexity index is 785. The second kappa shape index (κ2) is 3.93. The van der Waals surface area contributed by atoms with E-state index in [0.717, 1.165) is 40.8 Å². The highest BCUT2D eigenvalue weighted by Crippen LogP contribution is 2.39. The molecule has 0 atom stereocenters. The van der Waals surface area contributed by atoms with Crippen molar-refractivity contribution in [2.75, 3.05) is 11.5 Å². The smallest absolute Gasteiger partial charge is 0.164 e. The summed E-state index contributed by atoms with van der Waals surface area (Å²) >= 11 is 0. The van der Waals surface area contributed by atoms with Gasteiger partial charge in [0, 0.05) is 11.3 Å². The first-order valence-corrected chi connectivity index (χ1v) is 6.58. The van der Waals surface area contributed by atoms with Crippen LogP contribution in [-0.4, -0.2) is 19.7 Å². The minimum atomic E-state index is 0.439. The number of fused-ring (bicyclic) bond motifs is 1. The third-order valence-corrected chi connectivity index (χ3v) is 3.60. The van der Waals surface area contributed by atoms with Crippen LogP contribution in [0, 0.1) is 0 Å². The van der Waals surface area contributed by atoms with Gasteiger partial charge in [0.2, 0.25) is 0 Å². The summed E-state index contributed by atoms with van der Waals surface area (Å²) in [6, 6.07) is 8.05. The number of aromatic nitrogens is 4. The van der Waals surface area contributed by atoms with Gasteiger partial charge < -0.3 is 11.5 Å². The lowest BCUT2D eigenvalue weighted by Gasteiger charge is -1.99. The number of benzene rings is 1. The Morgan fingerprint density at radius 1 is 1.05 bits per heavy atom. The molecule has 0 bridgehead atoms. The second-order valence-corrected chi connectivity index (χ2v) is 5.10. The molecule has 1 aliphatic rings. The van der Waals surface area contributed by atoms with Crippen molar-refractivity contribution in [3.63, 3.8) is 0 Å². The summed E-state index contributed by atoms with van der Waals surface area (Å²) in [6.07, 6.45) is 3.77. The van der Waals surface area contributed by atoms with Crippen LogP contribution in [0.2, 0.25) is 0 Å². The molecule has 3 aromatic rings. The summed E-state index contributed by atoms with van der Waals surface area (Å²) in [4.78, 5) is 8.44. The summed E-state index contributed by atoms with van der Waals surface area (Å²) in [5, 5.41) is 5.53. The zero-order valence-corrected chi connectivity index (χ0v) is 10.8. The third-order valence-electron chi connectivity index (χ3n) is 3.60. The Morgan fingerprint density at radius 3 is 2.50 bits per heavy atom. The summed E-state index contributed by atoms with van der Waals surface area (Å²) in [6.45, 7) is 0. The SMILES string of the molecule is Nc1ccc(-c2nn(C3CC3)c3ncnc(N)c23)cc1. The van der Waals surface area contributed by atoms with Crippen LogP contribution in [0.4, 0.5) is 11.5 Å².